The van der Waals surface area contributed by atoms with Crippen LogP contribution in [0.1, 0.15) is 51.9 Å². The van der Waals surface area contributed by atoms with Gasteiger partial charge in [-0.05, 0) is 38.1 Å². The summed E-state index contributed by atoms with van der Waals surface area (Å²) in [6, 6.07) is 0.634. The molecule has 1 heterocycles. The Morgan fingerprint density at radius 2 is 2.43 bits per heavy atom. The van der Waals surface area contributed by atoms with E-state index in [0.29, 0.717) is 25.4 Å². The molecule has 1 aliphatic heterocycles. The highest BCUT2D eigenvalue weighted by Gasteiger charge is 2.26. The van der Waals surface area contributed by atoms with Gasteiger partial charge in [0.25, 0.3) is 0 Å². The number of nitrogens with two attached hydrogens (primary N) is 1. The van der Waals surface area contributed by atoms with E-state index in [1.54, 1.807) is 0 Å². The van der Waals surface area contributed by atoms with E-state index in [1.807, 2.05) is 0 Å². The van der Waals surface area contributed by atoms with Gasteiger partial charge in [-0.2, -0.15) is 0 Å². The summed E-state index contributed by atoms with van der Waals surface area (Å²) in [6.45, 7) is 2.88. The van der Waals surface area contributed by atoms with E-state index >= 15 is 0 Å². The Hall–Kier alpha value is -0.500. The van der Waals surface area contributed by atoms with Crippen molar-refractivity contribution in [2.45, 2.75) is 57.9 Å². The smallest absolute Gasteiger partial charge is 0.306 e. The first kappa shape index (κ1) is 16.9. The van der Waals surface area contributed by atoms with Crippen LogP contribution >= 0.6 is 21.3 Å². The van der Waals surface area contributed by atoms with E-state index in [4.69, 9.17) is 5.73 Å². The minimum atomic E-state index is -0.720. The third-order valence-corrected chi connectivity index (χ3v) is 6.73. The molecule has 0 aromatic rings. The molecule has 2 aliphatic rings. The van der Waals surface area contributed by atoms with Gasteiger partial charge in [-0.3, -0.25) is 4.79 Å². The highest BCUT2D eigenvalue weighted by Crippen LogP contribution is 2.37. The molecule has 0 spiro atoms. The molecule has 1 fully saturated rings. The molecule has 2 rings (SSSR count). The summed E-state index contributed by atoms with van der Waals surface area (Å²) in [6.07, 6.45) is 9.30. The van der Waals surface area contributed by atoms with E-state index in [-0.39, 0.29) is 27.2 Å². The number of nitrogens with zero attached hydrogens (tertiary/aromatic N) is 2. The highest BCUT2D eigenvalue weighted by atomic mass is 127. The summed E-state index contributed by atoms with van der Waals surface area (Å²) in [5.41, 5.74) is 6.48. The topological polar surface area (TPSA) is 78.9 Å². The Kier molecular flexibility index (Phi) is 6.60. The first-order chi connectivity index (χ1) is 10.1. The molecule has 5 nitrogen and oxygen atoms in total. The van der Waals surface area contributed by atoms with Crippen LogP contribution in [0.4, 0.5) is 0 Å². The van der Waals surface area contributed by atoms with Gasteiger partial charge in [0.2, 0.25) is 0 Å². The van der Waals surface area contributed by atoms with Gasteiger partial charge >= 0.3 is 5.97 Å². The van der Waals surface area contributed by atoms with Crippen molar-refractivity contribution < 1.29 is 9.90 Å². The Labute approximate surface area is 137 Å². The summed E-state index contributed by atoms with van der Waals surface area (Å²) in [5.74, 6) is -0.248. The van der Waals surface area contributed by atoms with Gasteiger partial charge < -0.3 is 14.0 Å². The highest BCUT2D eigenvalue weighted by molar-refractivity contribution is 14.1. The third kappa shape index (κ3) is 5.02. The van der Waals surface area contributed by atoms with Crippen LogP contribution in [0.5, 0.6) is 0 Å². The normalized spacial score (nSPS) is 27.1. The lowest BCUT2D eigenvalue weighted by Gasteiger charge is -2.31. The third-order valence-electron chi connectivity index (χ3n) is 4.33. The van der Waals surface area contributed by atoms with Crippen LogP contribution in [0.25, 0.3) is 0 Å². The van der Waals surface area contributed by atoms with E-state index in [2.05, 4.69) is 19.4 Å². The van der Waals surface area contributed by atoms with Gasteiger partial charge in [0.15, 0.2) is 0 Å². The summed E-state index contributed by atoms with van der Waals surface area (Å²) < 4.78 is 7.07. The van der Waals surface area contributed by atoms with Gasteiger partial charge in [0.05, 0.1) is 11.6 Å². The van der Waals surface area contributed by atoms with Crippen LogP contribution < -0.4 is 5.73 Å². The molecule has 120 valence electrons. The molecule has 0 aromatic heterocycles. The molecule has 0 amide bonds. The summed E-state index contributed by atoms with van der Waals surface area (Å²) in [4.78, 5) is 11.3. The number of allylic oxidation sites excluding steroid dienone is 1. The predicted octanol–water partition coefficient (Wildman–Crippen LogP) is 3.62. The fourth-order valence-corrected chi connectivity index (χ4v) is 5.24. The molecule has 3 unspecified atom stereocenters. The molecule has 1 aliphatic carbocycles. The monoisotopic (exact) mass is 407 g/mol. The number of rotatable bonds is 7. The Bertz CT molecular complexity index is 425. The lowest BCUT2D eigenvalue weighted by atomic mass is 9.87. The Balaban J connectivity index is 1.91. The van der Waals surface area contributed by atoms with Crippen molar-refractivity contribution in [1.29, 1.82) is 0 Å². The zero-order valence-corrected chi connectivity index (χ0v) is 14.8. The molecule has 1 saturated carbocycles. The maximum absolute atomic E-state index is 11.3. The van der Waals surface area contributed by atoms with E-state index in [9.17, 15) is 9.90 Å². The standard InChI is InChI=1S/C15H26IN3O2/c1-11-4-2-6-14(8-11)19-10-13(18-16-19)9-12(15(20)21)5-3-7-17/h10-12,14H,2-9,17H2,1H3,(H,20,21). The van der Waals surface area contributed by atoms with Crippen LogP contribution in [-0.4, -0.2) is 26.8 Å². The van der Waals surface area contributed by atoms with Gasteiger partial charge in [0, 0.05) is 18.7 Å². The molecule has 3 atom stereocenters. The van der Waals surface area contributed by atoms with Crippen molar-refractivity contribution in [1.82, 2.24) is 3.11 Å². The largest absolute Gasteiger partial charge is 0.481 e. The average Bonchev–Trinajstić information content (AvgIpc) is 2.91. The average molecular weight is 407 g/mol. The van der Waals surface area contributed by atoms with Crippen molar-refractivity contribution in [3.63, 3.8) is 0 Å². The molecule has 0 aromatic carbocycles. The van der Waals surface area contributed by atoms with Crippen molar-refractivity contribution in [3.05, 3.63) is 11.9 Å². The van der Waals surface area contributed by atoms with E-state index in [1.165, 1.54) is 25.7 Å². The number of aliphatic carboxylic acids is 1. The van der Waals surface area contributed by atoms with Crippen molar-refractivity contribution in [2.24, 2.45) is 20.7 Å². The number of carbonyl (C=O) groups is 1. The maximum atomic E-state index is 11.3. The fourth-order valence-electron chi connectivity index (χ4n) is 3.09. The van der Waals surface area contributed by atoms with Crippen molar-refractivity contribution in [2.75, 3.05) is 6.54 Å². The lowest BCUT2D eigenvalue weighted by molar-refractivity contribution is -0.141. The molecule has 6 heteroatoms. The lowest BCUT2D eigenvalue weighted by Crippen LogP contribution is -2.28. The van der Waals surface area contributed by atoms with Crippen LogP contribution in [0, 0.1) is 11.8 Å². The molecular weight excluding hydrogens is 381 g/mol. The molecule has 0 radical (unpaired) electrons. The summed E-state index contributed by atoms with van der Waals surface area (Å²) in [5, 5.41) is 9.30. The fraction of sp³-hybridized carbons (Fsp3) is 0.800. The van der Waals surface area contributed by atoms with Crippen LogP contribution in [-0.2, 0) is 4.79 Å². The molecule has 0 bridgehead atoms. The van der Waals surface area contributed by atoms with Crippen LogP contribution in [0.2, 0.25) is 0 Å². The van der Waals surface area contributed by atoms with Gasteiger partial charge in [-0.15, -0.1) is 0 Å². The van der Waals surface area contributed by atoms with Crippen LogP contribution in [0.15, 0.2) is 15.0 Å². The SMILES string of the molecule is CC1CCCC(N2C=C(CC(CCCN)C(=O)O)N=I2)C1. The Morgan fingerprint density at radius 1 is 1.62 bits per heavy atom. The molecule has 3 N–H and O–H groups in total. The second-order valence-electron chi connectivity index (χ2n) is 6.22. The zero-order chi connectivity index (χ0) is 15.2. The maximum Gasteiger partial charge on any atom is 0.306 e. The molecule has 21 heavy (non-hydrogen) atoms. The van der Waals surface area contributed by atoms with Gasteiger partial charge in [-0.1, -0.05) is 19.8 Å². The van der Waals surface area contributed by atoms with Gasteiger partial charge in [0.1, 0.15) is 21.3 Å². The number of carboxylic acid groups (broad SMARTS) is 1. The number of carboxylic acids is 1. The van der Waals surface area contributed by atoms with Crippen molar-refractivity contribution >= 4 is 27.3 Å². The first-order valence-electron chi connectivity index (χ1n) is 7.87. The Morgan fingerprint density at radius 3 is 3.10 bits per heavy atom. The van der Waals surface area contributed by atoms with Gasteiger partial charge in [-0.25, -0.2) is 3.15 Å². The second-order valence-corrected chi connectivity index (χ2v) is 8.25. The number of halogens is 1. The number of hydrogen-bond donors (Lipinski definition) is 2. The summed E-state index contributed by atoms with van der Waals surface area (Å²) >= 11 is -0.326. The summed E-state index contributed by atoms with van der Waals surface area (Å²) in [7, 11) is 0. The van der Waals surface area contributed by atoms with E-state index in [0.717, 1.165) is 18.0 Å². The second kappa shape index (κ2) is 8.22. The number of hydrogen-bond acceptors (Lipinski definition) is 4. The quantitative estimate of drug-likeness (QED) is 0.499. The minimum Gasteiger partial charge on any atom is -0.481 e. The van der Waals surface area contributed by atoms with E-state index < -0.39 is 5.97 Å². The van der Waals surface area contributed by atoms with Crippen LogP contribution in [0.3, 0.4) is 0 Å². The zero-order valence-electron chi connectivity index (χ0n) is 12.7. The first-order valence-corrected chi connectivity index (χ1v) is 9.80. The molecular formula is C15H26IN3O2. The van der Waals surface area contributed by atoms with Crippen molar-refractivity contribution in [3.8, 4) is 0 Å². The molecule has 0 saturated heterocycles. The predicted molar refractivity (Wildman–Crippen MR) is 91.8 cm³/mol. The minimum absolute atomic E-state index is 0.326.